The van der Waals surface area contributed by atoms with E-state index >= 15 is 0 Å². The number of hydrogen-bond acceptors (Lipinski definition) is 2. The van der Waals surface area contributed by atoms with E-state index < -0.39 is 6.43 Å². The van der Waals surface area contributed by atoms with Crippen LogP contribution < -0.4 is 10.1 Å². The maximum Gasteiger partial charge on any atom is 0.241 e. The van der Waals surface area contributed by atoms with Crippen molar-refractivity contribution < 1.29 is 13.5 Å². The molecule has 4 heteroatoms. The standard InChI is InChI=1S/C13H17F2NO/c14-13(15)6-8-17-12-3-1-10(2-4-12)11-5-7-16-9-11/h1-4,11,13,16H,5-9H2. The Morgan fingerprint density at radius 3 is 2.65 bits per heavy atom. The first kappa shape index (κ1) is 12.3. The molecule has 0 radical (unpaired) electrons. The zero-order chi connectivity index (χ0) is 12.1. The molecule has 1 aliphatic rings. The Kier molecular flexibility index (Phi) is 4.31. The van der Waals surface area contributed by atoms with E-state index in [0.717, 1.165) is 19.5 Å². The van der Waals surface area contributed by atoms with Gasteiger partial charge in [-0.05, 0) is 36.6 Å². The first-order chi connectivity index (χ1) is 8.25. The lowest BCUT2D eigenvalue weighted by Crippen LogP contribution is -2.08. The number of nitrogens with one attached hydrogen (secondary N) is 1. The fourth-order valence-electron chi connectivity index (χ4n) is 2.04. The second-order valence-corrected chi connectivity index (χ2v) is 4.29. The molecule has 1 atom stereocenters. The van der Waals surface area contributed by atoms with Crippen molar-refractivity contribution in [3.8, 4) is 5.75 Å². The van der Waals surface area contributed by atoms with Crippen LogP contribution in [0.3, 0.4) is 0 Å². The first-order valence-electron chi connectivity index (χ1n) is 5.97. The molecule has 0 aromatic heterocycles. The lowest BCUT2D eigenvalue weighted by molar-refractivity contribution is 0.114. The van der Waals surface area contributed by atoms with Gasteiger partial charge in [0.1, 0.15) is 5.75 Å². The number of rotatable bonds is 5. The third kappa shape index (κ3) is 3.66. The highest BCUT2D eigenvalue weighted by molar-refractivity contribution is 5.30. The van der Waals surface area contributed by atoms with E-state index in [-0.39, 0.29) is 13.0 Å². The average molecular weight is 241 g/mol. The molecular weight excluding hydrogens is 224 g/mol. The maximum absolute atomic E-state index is 11.9. The van der Waals surface area contributed by atoms with Gasteiger partial charge in [0.2, 0.25) is 6.43 Å². The second kappa shape index (κ2) is 5.96. The smallest absolute Gasteiger partial charge is 0.241 e. The molecule has 0 bridgehead atoms. The Morgan fingerprint density at radius 2 is 2.06 bits per heavy atom. The number of alkyl halides is 2. The van der Waals surface area contributed by atoms with Gasteiger partial charge >= 0.3 is 0 Å². The van der Waals surface area contributed by atoms with Crippen LogP contribution in [0, 0.1) is 0 Å². The zero-order valence-electron chi connectivity index (χ0n) is 9.66. The van der Waals surface area contributed by atoms with Crippen molar-refractivity contribution in [2.75, 3.05) is 19.7 Å². The minimum absolute atomic E-state index is 0.0714. The minimum Gasteiger partial charge on any atom is -0.493 e. The molecule has 1 aromatic carbocycles. The third-order valence-electron chi connectivity index (χ3n) is 3.02. The molecule has 0 aliphatic carbocycles. The highest BCUT2D eigenvalue weighted by atomic mass is 19.3. The summed E-state index contributed by atoms with van der Waals surface area (Å²) < 4.78 is 29.1. The number of ether oxygens (including phenoxy) is 1. The normalized spacial score (nSPS) is 19.8. The molecule has 17 heavy (non-hydrogen) atoms. The molecule has 1 N–H and O–H groups in total. The quantitative estimate of drug-likeness (QED) is 0.856. The van der Waals surface area contributed by atoms with Crippen LogP contribution in [0.4, 0.5) is 8.78 Å². The Balaban J connectivity index is 1.84. The van der Waals surface area contributed by atoms with Gasteiger partial charge in [-0.1, -0.05) is 12.1 Å². The van der Waals surface area contributed by atoms with E-state index in [2.05, 4.69) is 5.32 Å². The van der Waals surface area contributed by atoms with Gasteiger partial charge in [0.05, 0.1) is 6.61 Å². The molecule has 0 spiro atoms. The van der Waals surface area contributed by atoms with E-state index in [1.54, 1.807) is 0 Å². The van der Waals surface area contributed by atoms with Crippen molar-refractivity contribution in [2.45, 2.75) is 25.2 Å². The van der Waals surface area contributed by atoms with Gasteiger partial charge < -0.3 is 10.1 Å². The Bertz CT molecular complexity index is 334. The number of halogens is 2. The summed E-state index contributed by atoms with van der Waals surface area (Å²) in [6.45, 7) is 2.16. The molecule has 1 aliphatic heterocycles. The van der Waals surface area contributed by atoms with Crippen LogP contribution in [0.2, 0.25) is 0 Å². The van der Waals surface area contributed by atoms with E-state index in [1.807, 2.05) is 24.3 Å². The van der Waals surface area contributed by atoms with Crippen molar-refractivity contribution in [3.63, 3.8) is 0 Å². The average Bonchev–Trinajstić information content (AvgIpc) is 2.83. The topological polar surface area (TPSA) is 21.3 Å². The fourth-order valence-corrected chi connectivity index (χ4v) is 2.04. The highest BCUT2D eigenvalue weighted by Gasteiger charge is 2.16. The summed E-state index contributed by atoms with van der Waals surface area (Å²) in [7, 11) is 0. The van der Waals surface area contributed by atoms with Crippen molar-refractivity contribution in [2.24, 2.45) is 0 Å². The van der Waals surface area contributed by atoms with Gasteiger partial charge in [0.25, 0.3) is 0 Å². The molecule has 0 amide bonds. The Labute approximate surface area is 100.0 Å². The molecule has 1 unspecified atom stereocenters. The maximum atomic E-state index is 11.9. The molecule has 1 saturated heterocycles. The van der Waals surface area contributed by atoms with Crippen molar-refractivity contribution in [1.29, 1.82) is 0 Å². The minimum atomic E-state index is -2.29. The van der Waals surface area contributed by atoms with Crippen LogP contribution in [0.1, 0.15) is 24.3 Å². The monoisotopic (exact) mass is 241 g/mol. The van der Waals surface area contributed by atoms with Crippen LogP contribution in [0.15, 0.2) is 24.3 Å². The van der Waals surface area contributed by atoms with Crippen LogP contribution >= 0.6 is 0 Å². The molecule has 1 aromatic rings. The van der Waals surface area contributed by atoms with Gasteiger partial charge in [-0.25, -0.2) is 8.78 Å². The second-order valence-electron chi connectivity index (χ2n) is 4.29. The fraction of sp³-hybridized carbons (Fsp3) is 0.538. The molecule has 2 nitrogen and oxygen atoms in total. The van der Waals surface area contributed by atoms with Gasteiger partial charge in [0, 0.05) is 13.0 Å². The Hall–Kier alpha value is -1.16. The van der Waals surface area contributed by atoms with Crippen LogP contribution in [-0.2, 0) is 0 Å². The van der Waals surface area contributed by atoms with Gasteiger partial charge in [0.15, 0.2) is 0 Å². The van der Waals surface area contributed by atoms with Gasteiger partial charge in [-0.2, -0.15) is 0 Å². The molecule has 1 heterocycles. The lowest BCUT2D eigenvalue weighted by atomic mass is 9.98. The summed E-state index contributed by atoms with van der Waals surface area (Å²) in [6, 6.07) is 7.77. The van der Waals surface area contributed by atoms with E-state index in [1.165, 1.54) is 5.56 Å². The molecule has 1 fully saturated rings. The van der Waals surface area contributed by atoms with Crippen LogP contribution in [0.25, 0.3) is 0 Å². The summed E-state index contributed by atoms with van der Waals surface area (Å²) in [6.07, 6.45) is -1.35. The molecule has 2 rings (SSSR count). The summed E-state index contributed by atoms with van der Waals surface area (Å²) in [5.41, 5.74) is 1.29. The highest BCUT2D eigenvalue weighted by Crippen LogP contribution is 2.24. The summed E-state index contributed by atoms with van der Waals surface area (Å²) in [5.74, 6) is 1.24. The van der Waals surface area contributed by atoms with E-state index in [4.69, 9.17) is 4.74 Å². The van der Waals surface area contributed by atoms with Crippen molar-refractivity contribution in [1.82, 2.24) is 5.32 Å². The SMILES string of the molecule is FC(F)CCOc1ccc(C2CCNC2)cc1. The van der Waals surface area contributed by atoms with Gasteiger partial charge in [-0.3, -0.25) is 0 Å². The Morgan fingerprint density at radius 1 is 1.29 bits per heavy atom. The number of benzene rings is 1. The predicted octanol–water partition coefficient (Wildman–Crippen LogP) is 2.80. The third-order valence-corrected chi connectivity index (χ3v) is 3.02. The molecular formula is C13H17F2NO. The van der Waals surface area contributed by atoms with Crippen LogP contribution in [0.5, 0.6) is 5.75 Å². The lowest BCUT2D eigenvalue weighted by Gasteiger charge is -2.10. The van der Waals surface area contributed by atoms with E-state index in [9.17, 15) is 8.78 Å². The summed E-state index contributed by atoms with van der Waals surface area (Å²) in [4.78, 5) is 0. The van der Waals surface area contributed by atoms with Crippen molar-refractivity contribution in [3.05, 3.63) is 29.8 Å². The molecule has 0 saturated carbocycles. The van der Waals surface area contributed by atoms with Crippen molar-refractivity contribution >= 4 is 0 Å². The molecule has 94 valence electrons. The summed E-state index contributed by atoms with van der Waals surface area (Å²) in [5, 5.41) is 3.32. The summed E-state index contributed by atoms with van der Waals surface area (Å²) >= 11 is 0. The largest absolute Gasteiger partial charge is 0.493 e. The van der Waals surface area contributed by atoms with Gasteiger partial charge in [-0.15, -0.1) is 0 Å². The first-order valence-corrected chi connectivity index (χ1v) is 5.97. The zero-order valence-corrected chi connectivity index (χ0v) is 9.66. The predicted molar refractivity (Wildman–Crippen MR) is 62.8 cm³/mol. The van der Waals surface area contributed by atoms with E-state index in [0.29, 0.717) is 11.7 Å². The van der Waals surface area contributed by atoms with Crippen LogP contribution in [-0.4, -0.2) is 26.1 Å². The number of hydrogen-bond donors (Lipinski definition) is 1.